The molecule has 0 saturated carbocycles. The van der Waals surface area contributed by atoms with Crippen molar-refractivity contribution in [1.29, 1.82) is 0 Å². The Morgan fingerprint density at radius 2 is 1.44 bits per heavy atom. The van der Waals surface area contributed by atoms with E-state index in [1.807, 2.05) is 0 Å². The zero-order chi connectivity index (χ0) is 19.5. The van der Waals surface area contributed by atoms with Crippen LogP contribution in [0.5, 0.6) is 11.5 Å². The van der Waals surface area contributed by atoms with Crippen molar-refractivity contribution in [3.63, 3.8) is 0 Å². The second-order valence-electron chi connectivity index (χ2n) is 5.69. The van der Waals surface area contributed by atoms with Crippen LogP contribution in [0.2, 0.25) is 20.1 Å². The number of carbonyl (C=O) groups excluding carboxylic acids is 3. The summed E-state index contributed by atoms with van der Waals surface area (Å²) in [6, 6.07) is 4.57. The molecule has 0 N–H and O–H groups in total. The van der Waals surface area contributed by atoms with Crippen LogP contribution >= 0.6 is 46.4 Å². The third-order valence-corrected chi connectivity index (χ3v) is 5.98. The van der Waals surface area contributed by atoms with Crippen molar-refractivity contribution in [3.8, 4) is 11.5 Å². The maximum atomic E-state index is 12.7. The highest BCUT2D eigenvalue weighted by atomic mass is 35.5. The number of benzene rings is 2. The van der Waals surface area contributed by atoms with Crippen molar-refractivity contribution in [2.75, 3.05) is 13.3 Å². The first-order valence-electron chi connectivity index (χ1n) is 7.46. The zero-order valence-electron chi connectivity index (χ0n) is 13.1. The van der Waals surface area contributed by atoms with Gasteiger partial charge in [0.25, 0.3) is 11.8 Å². The Hall–Kier alpha value is -1.99. The fraction of sp³-hybridized carbons (Fsp3) is 0.118. The minimum absolute atomic E-state index is 0.0594. The smallest absolute Gasteiger partial charge is 0.263 e. The third kappa shape index (κ3) is 2.75. The largest absolute Gasteiger partial charge is 0.454 e. The number of imide groups is 1. The Bertz CT molecular complexity index is 1010. The Labute approximate surface area is 172 Å². The Morgan fingerprint density at radius 3 is 2.04 bits per heavy atom. The van der Waals surface area contributed by atoms with Crippen LogP contribution < -0.4 is 9.47 Å². The SMILES string of the molecule is O=C(CN1C(=O)c2c(Cl)c(Cl)c(Cl)c(Cl)c2C1=O)c1ccc2c(c1)OCO2. The first-order chi connectivity index (χ1) is 12.8. The van der Waals surface area contributed by atoms with Gasteiger partial charge in [0.2, 0.25) is 6.79 Å². The van der Waals surface area contributed by atoms with Gasteiger partial charge in [0, 0.05) is 5.56 Å². The first kappa shape index (κ1) is 18.4. The van der Waals surface area contributed by atoms with Gasteiger partial charge < -0.3 is 9.47 Å². The van der Waals surface area contributed by atoms with Gasteiger partial charge in [-0.2, -0.15) is 0 Å². The molecule has 0 fully saturated rings. The van der Waals surface area contributed by atoms with E-state index in [0.29, 0.717) is 11.5 Å². The summed E-state index contributed by atoms with van der Waals surface area (Å²) in [5, 5.41) is -0.630. The first-order valence-corrected chi connectivity index (χ1v) is 8.97. The van der Waals surface area contributed by atoms with Gasteiger partial charge in [-0.3, -0.25) is 19.3 Å². The fourth-order valence-electron chi connectivity index (χ4n) is 2.84. The van der Waals surface area contributed by atoms with Crippen LogP contribution in [0.4, 0.5) is 0 Å². The fourth-order valence-corrected chi connectivity index (χ4v) is 3.86. The maximum Gasteiger partial charge on any atom is 0.263 e. The van der Waals surface area contributed by atoms with Crippen molar-refractivity contribution >= 4 is 64.0 Å². The van der Waals surface area contributed by atoms with Gasteiger partial charge in [-0.25, -0.2) is 0 Å². The van der Waals surface area contributed by atoms with E-state index in [9.17, 15) is 14.4 Å². The van der Waals surface area contributed by atoms with Gasteiger partial charge >= 0.3 is 0 Å². The molecule has 0 unspecified atom stereocenters. The summed E-state index contributed by atoms with van der Waals surface area (Å²) in [5.74, 6) is -1.10. The molecule has 27 heavy (non-hydrogen) atoms. The van der Waals surface area contributed by atoms with E-state index in [-0.39, 0.29) is 43.6 Å². The summed E-state index contributed by atoms with van der Waals surface area (Å²) in [5.41, 5.74) is -0.0804. The molecule has 0 saturated heterocycles. The van der Waals surface area contributed by atoms with Gasteiger partial charge in [0.05, 0.1) is 37.8 Å². The molecule has 2 aromatic carbocycles. The number of halogens is 4. The molecule has 0 radical (unpaired) electrons. The predicted octanol–water partition coefficient (Wildman–Crippen LogP) is 4.51. The number of hydrogen-bond acceptors (Lipinski definition) is 5. The molecular formula is C17H7Cl4NO5. The topological polar surface area (TPSA) is 72.9 Å². The molecule has 4 rings (SSSR count). The zero-order valence-corrected chi connectivity index (χ0v) is 16.2. The monoisotopic (exact) mass is 445 g/mol. The number of rotatable bonds is 3. The van der Waals surface area contributed by atoms with Crippen molar-refractivity contribution in [2.24, 2.45) is 0 Å². The Balaban J connectivity index is 1.67. The molecule has 2 heterocycles. The van der Waals surface area contributed by atoms with Crippen LogP contribution in [0.1, 0.15) is 31.1 Å². The lowest BCUT2D eigenvalue weighted by atomic mass is 10.1. The van der Waals surface area contributed by atoms with E-state index >= 15 is 0 Å². The van der Waals surface area contributed by atoms with Crippen LogP contribution in [0, 0.1) is 0 Å². The second kappa shape index (κ2) is 6.56. The van der Waals surface area contributed by atoms with Gasteiger partial charge in [0.15, 0.2) is 17.3 Å². The molecule has 10 heteroatoms. The number of nitrogens with zero attached hydrogens (tertiary/aromatic N) is 1. The highest BCUT2D eigenvalue weighted by Gasteiger charge is 2.42. The third-order valence-electron chi connectivity index (χ3n) is 4.18. The van der Waals surface area contributed by atoms with Crippen molar-refractivity contribution in [3.05, 3.63) is 55.0 Å². The average Bonchev–Trinajstić information content (AvgIpc) is 3.22. The van der Waals surface area contributed by atoms with E-state index in [4.69, 9.17) is 55.9 Å². The highest BCUT2D eigenvalue weighted by molar-refractivity contribution is 6.55. The summed E-state index contributed by atoms with van der Waals surface area (Å²) < 4.78 is 10.4. The number of amides is 2. The number of ketones is 1. The van der Waals surface area contributed by atoms with Crippen LogP contribution in [0.15, 0.2) is 18.2 Å². The number of ether oxygens (including phenoxy) is 2. The maximum absolute atomic E-state index is 12.7. The lowest BCUT2D eigenvalue weighted by Gasteiger charge is -2.13. The van der Waals surface area contributed by atoms with E-state index in [1.54, 1.807) is 6.07 Å². The van der Waals surface area contributed by atoms with Crippen LogP contribution in [0.3, 0.4) is 0 Å². The van der Waals surface area contributed by atoms with Gasteiger partial charge in [-0.15, -0.1) is 0 Å². The molecule has 6 nitrogen and oxygen atoms in total. The molecular weight excluding hydrogens is 440 g/mol. The van der Waals surface area contributed by atoms with E-state index in [0.717, 1.165) is 4.90 Å². The number of hydrogen-bond donors (Lipinski definition) is 0. The summed E-state index contributed by atoms with van der Waals surface area (Å²) in [6.45, 7) is -0.447. The average molecular weight is 447 g/mol. The molecule has 2 aromatic rings. The number of Topliss-reactive ketones (excluding diaryl/α,β-unsaturated/α-hetero) is 1. The summed E-state index contributed by atoms with van der Waals surface area (Å²) >= 11 is 24.1. The quantitative estimate of drug-likeness (QED) is 0.300. The van der Waals surface area contributed by atoms with E-state index < -0.39 is 24.1 Å². The lowest BCUT2D eigenvalue weighted by Crippen LogP contribution is -2.35. The van der Waals surface area contributed by atoms with Gasteiger partial charge in [-0.05, 0) is 18.2 Å². The molecule has 2 aliphatic rings. The molecule has 0 aromatic heterocycles. The number of fused-ring (bicyclic) bond motifs is 2. The Kier molecular flexibility index (Phi) is 4.47. The van der Waals surface area contributed by atoms with E-state index in [2.05, 4.69) is 0 Å². The molecule has 0 aliphatic carbocycles. The molecule has 138 valence electrons. The van der Waals surface area contributed by atoms with Crippen LogP contribution in [-0.4, -0.2) is 35.8 Å². The van der Waals surface area contributed by atoms with Crippen molar-refractivity contribution < 1.29 is 23.9 Å². The van der Waals surface area contributed by atoms with Gasteiger partial charge in [-0.1, -0.05) is 46.4 Å². The minimum Gasteiger partial charge on any atom is -0.454 e. The van der Waals surface area contributed by atoms with Crippen LogP contribution in [0.25, 0.3) is 0 Å². The molecule has 0 spiro atoms. The lowest BCUT2D eigenvalue weighted by molar-refractivity contribution is 0.0624. The van der Waals surface area contributed by atoms with Crippen molar-refractivity contribution in [2.45, 2.75) is 0 Å². The Morgan fingerprint density at radius 1 is 0.889 bits per heavy atom. The summed E-state index contributed by atoms with van der Waals surface area (Å²) in [7, 11) is 0. The normalized spacial score (nSPS) is 14.7. The molecule has 2 aliphatic heterocycles. The number of carbonyl (C=O) groups is 3. The van der Waals surface area contributed by atoms with E-state index in [1.165, 1.54) is 12.1 Å². The second-order valence-corrected chi connectivity index (χ2v) is 7.21. The summed E-state index contributed by atoms with van der Waals surface area (Å²) in [4.78, 5) is 38.7. The van der Waals surface area contributed by atoms with Crippen LogP contribution in [-0.2, 0) is 0 Å². The molecule has 0 atom stereocenters. The highest BCUT2D eigenvalue weighted by Crippen LogP contribution is 2.44. The standard InChI is InChI=1S/C17H7Cl4NO5/c18-12-10-11(13(19)15(21)14(12)20)17(25)22(16(10)24)4-7(23)6-1-2-8-9(3-6)27-5-26-8/h1-3H,4-5H2. The minimum atomic E-state index is -0.769. The van der Waals surface area contributed by atoms with Gasteiger partial charge in [0.1, 0.15) is 0 Å². The molecule has 0 bridgehead atoms. The summed E-state index contributed by atoms with van der Waals surface area (Å²) in [6.07, 6.45) is 0. The predicted molar refractivity (Wildman–Crippen MR) is 98.7 cm³/mol. The van der Waals surface area contributed by atoms with Crippen molar-refractivity contribution in [1.82, 2.24) is 4.90 Å². The molecule has 2 amide bonds.